The van der Waals surface area contributed by atoms with Gasteiger partial charge in [0.25, 0.3) is 0 Å². The molecular formula is C17H27N3O4. The maximum absolute atomic E-state index is 11.8. The smallest absolute Gasteiger partial charge is 0.325 e. The molecule has 7 heteroatoms. The molecule has 0 aliphatic carbocycles. The number of hydrogen-bond acceptors (Lipinski definition) is 6. The van der Waals surface area contributed by atoms with Crippen LogP contribution < -0.4 is 9.47 Å². The number of hydrogen-bond donors (Lipinski definition) is 1. The highest BCUT2D eigenvalue weighted by Gasteiger charge is 2.29. The Morgan fingerprint density at radius 3 is 2.58 bits per heavy atom. The molecule has 0 bridgehead atoms. The number of ether oxygens (including phenoxy) is 2. The van der Waals surface area contributed by atoms with Gasteiger partial charge in [0.15, 0.2) is 0 Å². The lowest BCUT2D eigenvalue weighted by Gasteiger charge is -2.31. The zero-order valence-electron chi connectivity index (χ0n) is 14.7. The van der Waals surface area contributed by atoms with Crippen LogP contribution in [0.15, 0.2) is 12.1 Å². The van der Waals surface area contributed by atoms with Gasteiger partial charge in [0.05, 0.1) is 14.2 Å². The van der Waals surface area contributed by atoms with Crippen molar-refractivity contribution in [1.82, 2.24) is 14.8 Å². The number of nitrogens with zero attached hydrogens (tertiary/aromatic N) is 3. The van der Waals surface area contributed by atoms with E-state index in [4.69, 9.17) is 9.47 Å². The minimum Gasteiger partial charge on any atom is -0.481 e. The second-order valence-corrected chi connectivity index (χ2v) is 6.08. The van der Waals surface area contributed by atoms with Crippen molar-refractivity contribution in [2.45, 2.75) is 25.3 Å². The first-order chi connectivity index (χ1) is 11.6. The summed E-state index contributed by atoms with van der Waals surface area (Å²) in [5.74, 6) is -0.233. The molecule has 0 radical (unpaired) electrons. The zero-order chi connectivity index (χ0) is 17.5. The molecule has 1 fully saturated rings. The Morgan fingerprint density at radius 2 is 2.00 bits per heavy atom. The van der Waals surface area contributed by atoms with E-state index in [1.54, 1.807) is 12.1 Å². The summed E-state index contributed by atoms with van der Waals surface area (Å²) in [6, 6.07) is 2.57. The summed E-state index contributed by atoms with van der Waals surface area (Å²) in [5.41, 5.74) is 0.534. The Hall–Kier alpha value is -1.86. The molecule has 0 aromatic carbocycles. The third-order valence-electron chi connectivity index (χ3n) is 4.45. The minimum absolute atomic E-state index is 0.284. The molecule has 1 atom stereocenters. The number of rotatable bonds is 8. The molecule has 1 saturated heterocycles. The van der Waals surface area contributed by atoms with Gasteiger partial charge in [0, 0.05) is 24.7 Å². The van der Waals surface area contributed by atoms with Crippen LogP contribution in [0.2, 0.25) is 0 Å². The Morgan fingerprint density at radius 1 is 1.29 bits per heavy atom. The Labute approximate surface area is 143 Å². The summed E-state index contributed by atoms with van der Waals surface area (Å²) in [6.07, 6.45) is 3.74. The lowest BCUT2D eigenvalue weighted by molar-refractivity contribution is -0.143. The summed E-state index contributed by atoms with van der Waals surface area (Å²) in [4.78, 5) is 20.3. The second kappa shape index (κ2) is 8.84. The van der Waals surface area contributed by atoms with Crippen LogP contribution in [0.5, 0.6) is 11.8 Å². The largest absolute Gasteiger partial charge is 0.481 e. The minimum atomic E-state index is -0.915. The molecule has 1 aromatic heterocycles. The summed E-state index contributed by atoms with van der Waals surface area (Å²) in [5, 5.41) is 9.71. The van der Waals surface area contributed by atoms with Gasteiger partial charge >= 0.3 is 5.97 Å². The molecule has 1 aliphatic heterocycles. The van der Waals surface area contributed by atoms with Crippen molar-refractivity contribution in [3.8, 4) is 11.8 Å². The SMILES string of the molecule is COc1ccc([C@H](C(=O)O)N(C)CCN2CCCCC2)c(OC)n1. The van der Waals surface area contributed by atoms with Gasteiger partial charge in [0.2, 0.25) is 11.8 Å². The van der Waals surface area contributed by atoms with Gasteiger partial charge in [-0.25, -0.2) is 0 Å². The summed E-state index contributed by atoms with van der Waals surface area (Å²) in [6.45, 7) is 3.73. The lowest BCUT2D eigenvalue weighted by Crippen LogP contribution is -2.39. The van der Waals surface area contributed by atoms with E-state index in [1.165, 1.54) is 33.5 Å². The van der Waals surface area contributed by atoms with Gasteiger partial charge in [-0.3, -0.25) is 9.69 Å². The third kappa shape index (κ3) is 4.58. The highest BCUT2D eigenvalue weighted by atomic mass is 16.5. The van der Waals surface area contributed by atoms with Crippen LogP contribution >= 0.6 is 0 Å². The molecule has 134 valence electrons. The summed E-state index contributed by atoms with van der Waals surface area (Å²) in [7, 11) is 4.82. The first kappa shape index (κ1) is 18.5. The molecule has 0 amide bonds. The van der Waals surface area contributed by atoms with Crippen molar-refractivity contribution in [1.29, 1.82) is 0 Å². The molecule has 2 rings (SSSR count). The fraction of sp³-hybridized carbons (Fsp3) is 0.647. The molecular weight excluding hydrogens is 310 g/mol. The summed E-state index contributed by atoms with van der Waals surface area (Å²) >= 11 is 0. The van der Waals surface area contributed by atoms with E-state index in [1.807, 2.05) is 11.9 Å². The number of aromatic nitrogens is 1. The molecule has 1 N–H and O–H groups in total. The normalized spacial score (nSPS) is 16.8. The van der Waals surface area contributed by atoms with Crippen molar-refractivity contribution < 1.29 is 19.4 Å². The van der Waals surface area contributed by atoms with Crippen molar-refractivity contribution in [3.63, 3.8) is 0 Å². The third-order valence-corrected chi connectivity index (χ3v) is 4.45. The fourth-order valence-electron chi connectivity index (χ4n) is 3.09. The zero-order valence-corrected chi connectivity index (χ0v) is 14.7. The van der Waals surface area contributed by atoms with Gasteiger partial charge in [-0.05, 0) is 39.0 Å². The van der Waals surface area contributed by atoms with Crippen LogP contribution in [0.3, 0.4) is 0 Å². The van der Waals surface area contributed by atoms with Crippen LogP contribution in [0.1, 0.15) is 30.9 Å². The standard InChI is InChI=1S/C17H27N3O4/c1-19(11-12-20-9-5-4-6-10-20)15(17(21)22)13-7-8-14(23-2)18-16(13)24-3/h7-8,15H,4-6,9-12H2,1-3H3,(H,21,22)/t15-/m1/s1. The molecule has 1 aromatic rings. The quantitative estimate of drug-likeness (QED) is 0.773. The maximum atomic E-state index is 11.8. The molecule has 24 heavy (non-hydrogen) atoms. The van der Waals surface area contributed by atoms with E-state index in [9.17, 15) is 9.90 Å². The average Bonchev–Trinajstić information content (AvgIpc) is 2.61. The van der Waals surface area contributed by atoms with Crippen LogP contribution in [-0.4, -0.2) is 73.3 Å². The van der Waals surface area contributed by atoms with Gasteiger partial charge in [0.1, 0.15) is 6.04 Å². The van der Waals surface area contributed by atoms with Crippen LogP contribution in [0.25, 0.3) is 0 Å². The van der Waals surface area contributed by atoms with Gasteiger partial charge in [-0.1, -0.05) is 6.42 Å². The average molecular weight is 337 g/mol. The number of methoxy groups -OCH3 is 2. The molecule has 7 nitrogen and oxygen atoms in total. The van der Waals surface area contributed by atoms with Gasteiger partial charge in [-0.2, -0.15) is 4.98 Å². The predicted molar refractivity (Wildman–Crippen MR) is 90.6 cm³/mol. The monoisotopic (exact) mass is 337 g/mol. The van der Waals surface area contributed by atoms with Crippen molar-refractivity contribution in [2.24, 2.45) is 0 Å². The van der Waals surface area contributed by atoms with E-state index in [-0.39, 0.29) is 5.88 Å². The van der Waals surface area contributed by atoms with E-state index in [0.717, 1.165) is 19.6 Å². The van der Waals surface area contributed by atoms with Crippen molar-refractivity contribution >= 4 is 5.97 Å². The number of aliphatic carboxylic acids is 1. The van der Waals surface area contributed by atoms with E-state index in [2.05, 4.69) is 9.88 Å². The first-order valence-electron chi connectivity index (χ1n) is 8.31. The number of carboxylic acids is 1. The van der Waals surface area contributed by atoms with E-state index in [0.29, 0.717) is 18.0 Å². The number of pyridine rings is 1. The highest BCUT2D eigenvalue weighted by Crippen LogP contribution is 2.29. The number of likely N-dealkylation sites (N-methyl/N-ethyl adjacent to an activating group) is 1. The predicted octanol–water partition coefficient (Wildman–Crippen LogP) is 1.64. The van der Waals surface area contributed by atoms with Gasteiger partial charge < -0.3 is 19.5 Å². The number of piperidine rings is 1. The van der Waals surface area contributed by atoms with Crippen molar-refractivity contribution in [2.75, 3.05) is 47.4 Å². The van der Waals surface area contributed by atoms with Crippen molar-refractivity contribution in [3.05, 3.63) is 17.7 Å². The Kier molecular flexibility index (Phi) is 6.81. The van der Waals surface area contributed by atoms with E-state index >= 15 is 0 Å². The molecule has 1 aliphatic rings. The Balaban J connectivity index is 2.11. The maximum Gasteiger partial charge on any atom is 0.325 e. The Bertz CT molecular complexity index is 547. The second-order valence-electron chi connectivity index (χ2n) is 6.08. The van der Waals surface area contributed by atoms with Gasteiger partial charge in [-0.15, -0.1) is 0 Å². The molecule has 2 heterocycles. The first-order valence-corrected chi connectivity index (χ1v) is 8.31. The molecule has 0 saturated carbocycles. The number of likely N-dealkylation sites (tertiary alicyclic amines) is 1. The highest BCUT2D eigenvalue weighted by molar-refractivity contribution is 5.76. The lowest BCUT2D eigenvalue weighted by atomic mass is 10.1. The fourth-order valence-corrected chi connectivity index (χ4v) is 3.09. The van der Waals surface area contributed by atoms with Crippen LogP contribution in [0, 0.1) is 0 Å². The molecule has 0 unspecified atom stereocenters. The topological polar surface area (TPSA) is 75.1 Å². The van der Waals surface area contributed by atoms with Crippen LogP contribution in [-0.2, 0) is 4.79 Å². The van der Waals surface area contributed by atoms with Crippen LogP contribution in [0.4, 0.5) is 0 Å². The van der Waals surface area contributed by atoms with E-state index < -0.39 is 12.0 Å². The summed E-state index contributed by atoms with van der Waals surface area (Å²) < 4.78 is 10.4. The molecule has 0 spiro atoms. The number of carboxylic acid groups (broad SMARTS) is 1. The number of carbonyl (C=O) groups is 1.